The van der Waals surface area contributed by atoms with Crippen molar-refractivity contribution in [1.82, 2.24) is 15.6 Å². The molecular formula is C16H30N4OS. The van der Waals surface area contributed by atoms with Crippen LogP contribution in [0.5, 0.6) is 0 Å². The highest BCUT2D eigenvalue weighted by Crippen LogP contribution is 2.10. The van der Waals surface area contributed by atoms with Gasteiger partial charge in [-0.25, -0.2) is 9.98 Å². The Hall–Kier alpha value is -1.14. The highest BCUT2D eigenvalue weighted by atomic mass is 32.1. The van der Waals surface area contributed by atoms with Crippen LogP contribution in [0.2, 0.25) is 0 Å². The molecule has 0 aliphatic rings. The van der Waals surface area contributed by atoms with E-state index in [1.165, 1.54) is 5.01 Å². The molecule has 0 aliphatic carbocycles. The zero-order chi connectivity index (χ0) is 16.2. The quantitative estimate of drug-likeness (QED) is 0.394. The highest BCUT2D eigenvalue weighted by Gasteiger charge is 2.01. The highest BCUT2D eigenvalue weighted by molar-refractivity contribution is 7.09. The molecule has 0 aromatic carbocycles. The SMILES string of the molecule is CCNC(=NCc1csc(CC)n1)NCCCOCC(C)C. The molecule has 0 fully saturated rings. The lowest BCUT2D eigenvalue weighted by Gasteiger charge is -2.11. The van der Waals surface area contributed by atoms with Crippen molar-refractivity contribution in [3.8, 4) is 0 Å². The number of rotatable bonds is 10. The lowest BCUT2D eigenvalue weighted by atomic mass is 10.2. The molecule has 0 atom stereocenters. The number of aryl methyl sites for hydroxylation is 1. The molecule has 0 amide bonds. The maximum atomic E-state index is 5.57. The van der Waals surface area contributed by atoms with Crippen LogP contribution in [-0.2, 0) is 17.7 Å². The summed E-state index contributed by atoms with van der Waals surface area (Å²) >= 11 is 1.71. The van der Waals surface area contributed by atoms with E-state index in [9.17, 15) is 0 Å². The Kier molecular flexibility index (Phi) is 9.82. The topological polar surface area (TPSA) is 58.5 Å². The van der Waals surface area contributed by atoms with Gasteiger partial charge in [0, 0.05) is 31.7 Å². The number of guanidine groups is 1. The first-order chi connectivity index (χ1) is 10.7. The van der Waals surface area contributed by atoms with Crippen molar-refractivity contribution in [3.05, 3.63) is 16.1 Å². The lowest BCUT2D eigenvalue weighted by Crippen LogP contribution is -2.38. The third kappa shape index (κ3) is 8.34. The van der Waals surface area contributed by atoms with Gasteiger partial charge in [0.1, 0.15) is 0 Å². The average Bonchev–Trinajstić information content (AvgIpc) is 2.96. The molecule has 126 valence electrons. The minimum absolute atomic E-state index is 0.595. The first kappa shape index (κ1) is 18.9. The third-order valence-electron chi connectivity index (χ3n) is 2.85. The van der Waals surface area contributed by atoms with Gasteiger partial charge in [0.05, 0.1) is 17.2 Å². The zero-order valence-electron chi connectivity index (χ0n) is 14.3. The van der Waals surface area contributed by atoms with E-state index in [0.717, 1.165) is 50.8 Å². The van der Waals surface area contributed by atoms with E-state index in [2.05, 4.69) is 53.7 Å². The van der Waals surface area contributed by atoms with Crippen LogP contribution in [0.1, 0.15) is 44.8 Å². The van der Waals surface area contributed by atoms with Gasteiger partial charge in [-0.2, -0.15) is 0 Å². The van der Waals surface area contributed by atoms with E-state index >= 15 is 0 Å². The molecule has 6 heteroatoms. The van der Waals surface area contributed by atoms with Crippen LogP contribution < -0.4 is 10.6 Å². The molecule has 0 saturated heterocycles. The van der Waals surface area contributed by atoms with E-state index in [0.29, 0.717) is 12.5 Å². The summed E-state index contributed by atoms with van der Waals surface area (Å²) in [5.74, 6) is 1.44. The number of ether oxygens (including phenoxy) is 1. The van der Waals surface area contributed by atoms with E-state index < -0.39 is 0 Å². The maximum absolute atomic E-state index is 5.57. The fourth-order valence-corrected chi connectivity index (χ4v) is 2.52. The molecule has 1 heterocycles. The Morgan fingerprint density at radius 3 is 2.82 bits per heavy atom. The predicted octanol–water partition coefficient (Wildman–Crippen LogP) is 2.82. The molecule has 22 heavy (non-hydrogen) atoms. The average molecular weight is 327 g/mol. The van der Waals surface area contributed by atoms with Gasteiger partial charge < -0.3 is 15.4 Å². The molecule has 5 nitrogen and oxygen atoms in total. The Labute approximate surface area is 138 Å². The molecule has 0 radical (unpaired) electrons. The van der Waals surface area contributed by atoms with Gasteiger partial charge in [0.25, 0.3) is 0 Å². The molecule has 1 aromatic heterocycles. The van der Waals surface area contributed by atoms with Crippen LogP contribution in [0.4, 0.5) is 0 Å². The molecule has 0 saturated carbocycles. The summed E-state index contributed by atoms with van der Waals surface area (Å²) in [6.45, 7) is 12.5. The van der Waals surface area contributed by atoms with Crippen molar-refractivity contribution in [2.45, 2.75) is 47.1 Å². The lowest BCUT2D eigenvalue weighted by molar-refractivity contribution is 0.108. The number of nitrogens with zero attached hydrogens (tertiary/aromatic N) is 2. The van der Waals surface area contributed by atoms with Gasteiger partial charge in [-0.15, -0.1) is 11.3 Å². The van der Waals surface area contributed by atoms with Crippen molar-refractivity contribution in [2.24, 2.45) is 10.9 Å². The number of hydrogen-bond acceptors (Lipinski definition) is 4. The van der Waals surface area contributed by atoms with E-state index in [4.69, 9.17) is 4.74 Å². The van der Waals surface area contributed by atoms with Gasteiger partial charge in [-0.05, 0) is 25.7 Å². The van der Waals surface area contributed by atoms with Crippen LogP contribution in [-0.4, -0.2) is 37.2 Å². The van der Waals surface area contributed by atoms with E-state index in [1.807, 2.05) is 0 Å². The molecule has 0 bridgehead atoms. The number of aromatic nitrogens is 1. The van der Waals surface area contributed by atoms with Gasteiger partial charge in [0.2, 0.25) is 0 Å². The standard InChI is InChI=1S/C16H30N4OS/c1-5-15-20-14(12-22-15)10-19-16(17-6-2)18-8-7-9-21-11-13(3)4/h12-13H,5-11H2,1-4H3,(H2,17,18,19). The van der Waals surface area contributed by atoms with Crippen molar-refractivity contribution in [3.63, 3.8) is 0 Å². The van der Waals surface area contributed by atoms with Crippen LogP contribution in [0, 0.1) is 5.92 Å². The van der Waals surface area contributed by atoms with Gasteiger partial charge in [-0.1, -0.05) is 20.8 Å². The second-order valence-electron chi connectivity index (χ2n) is 5.53. The summed E-state index contributed by atoms with van der Waals surface area (Å²) in [6.07, 6.45) is 1.97. The van der Waals surface area contributed by atoms with Crippen LogP contribution >= 0.6 is 11.3 Å². The molecule has 0 spiro atoms. The van der Waals surface area contributed by atoms with Gasteiger partial charge in [-0.3, -0.25) is 0 Å². The molecule has 0 unspecified atom stereocenters. The molecule has 1 rings (SSSR count). The Morgan fingerprint density at radius 2 is 2.18 bits per heavy atom. The molecule has 2 N–H and O–H groups in total. The monoisotopic (exact) mass is 326 g/mol. The fourth-order valence-electron chi connectivity index (χ4n) is 1.79. The van der Waals surface area contributed by atoms with Crippen LogP contribution in [0.15, 0.2) is 10.4 Å². The first-order valence-electron chi connectivity index (χ1n) is 8.18. The number of aliphatic imine (C=N–C) groups is 1. The zero-order valence-corrected chi connectivity index (χ0v) is 15.1. The summed E-state index contributed by atoms with van der Waals surface area (Å²) in [7, 11) is 0. The Bertz CT molecular complexity index is 432. The predicted molar refractivity (Wildman–Crippen MR) is 94.6 cm³/mol. The Balaban J connectivity index is 2.29. The second kappa shape index (κ2) is 11.4. The minimum atomic E-state index is 0.595. The second-order valence-corrected chi connectivity index (χ2v) is 6.47. The molecule has 0 aliphatic heterocycles. The normalized spacial score (nSPS) is 12.0. The van der Waals surface area contributed by atoms with Crippen LogP contribution in [0.25, 0.3) is 0 Å². The maximum Gasteiger partial charge on any atom is 0.191 e. The summed E-state index contributed by atoms with van der Waals surface area (Å²) < 4.78 is 5.57. The number of nitrogens with one attached hydrogen (secondary N) is 2. The largest absolute Gasteiger partial charge is 0.381 e. The van der Waals surface area contributed by atoms with Gasteiger partial charge in [0.15, 0.2) is 5.96 Å². The smallest absolute Gasteiger partial charge is 0.191 e. The summed E-state index contributed by atoms with van der Waals surface area (Å²) in [5.41, 5.74) is 1.04. The minimum Gasteiger partial charge on any atom is -0.381 e. The summed E-state index contributed by atoms with van der Waals surface area (Å²) in [4.78, 5) is 9.11. The summed E-state index contributed by atoms with van der Waals surface area (Å²) in [5, 5.41) is 9.85. The van der Waals surface area contributed by atoms with E-state index in [1.54, 1.807) is 11.3 Å². The Morgan fingerprint density at radius 1 is 1.36 bits per heavy atom. The molecule has 1 aromatic rings. The van der Waals surface area contributed by atoms with E-state index in [-0.39, 0.29) is 0 Å². The number of thiazole rings is 1. The first-order valence-corrected chi connectivity index (χ1v) is 9.06. The van der Waals surface area contributed by atoms with Crippen molar-refractivity contribution < 1.29 is 4.74 Å². The fraction of sp³-hybridized carbons (Fsp3) is 0.750. The number of hydrogen-bond donors (Lipinski definition) is 2. The van der Waals surface area contributed by atoms with Gasteiger partial charge >= 0.3 is 0 Å². The van der Waals surface area contributed by atoms with Crippen molar-refractivity contribution in [2.75, 3.05) is 26.3 Å². The third-order valence-corrected chi connectivity index (χ3v) is 3.90. The van der Waals surface area contributed by atoms with Crippen LogP contribution in [0.3, 0.4) is 0 Å². The van der Waals surface area contributed by atoms with Crippen molar-refractivity contribution >= 4 is 17.3 Å². The summed E-state index contributed by atoms with van der Waals surface area (Å²) in [6, 6.07) is 0. The van der Waals surface area contributed by atoms with Crippen molar-refractivity contribution in [1.29, 1.82) is 0 Å². The molecular weight excluding hydrogens is 296 g/mol.